The Labute approximate surface area is 200 Å². The van der Waals surface area contributed by atoms with Crippen LogP contribution in [0.3, 0.4) is 0 Å². The van der Waals surface area contributed by atoms with Crippen LogP contribution in [0.5, 0.6) is 11.6 Å². The molecule has 0 saturated carbocycles. The molecule has 4 heterocycles. The fraction of sp³-hybridized carbons (Fsp3) is 0.318. The van der Waals surface area contributed by atoms with Gasteiger partial charge in [0, 0.05) is 29.4 Å². The second-order valence-corrected chi connectivity index (χ2v) is 10.3. The van der Waals surface area contributed by atoms with Gasteiger partial charge in [-0.05, 0) is 18.6 Å². The van der Waals surface area contributed by atoms with E-state index < -0.39 is 22.0 Å². The number of fused-ring (bicyclic) bond motifs is 2. The summed E-state index contributed by atoms with van der Waals surface area (Å²) < 4.78 is 37.8. The molecule has 1 N–H and O–H groups in total. The molecule has 0 spiro atoms. The van der Waals surface area contributed by atoms with E-state index in [1.807, 2.05) is 0 Å². The SMILES string of the molecule is CC(O)C(C(=O)N1Cc2cn(S(=O)(=O)c3cnc4c(c3)OCCO4)nc2C1)c1ccccc1Cl. The minimum absolute atomic E-state index is 0.0845. The van der Waals surface area contributed by atoms with Crippen LogP contribution in [0.15, 0.2) is 47.6 Å². The standard InChI is InChI=1S/C22H21ClN4O6S/c1-13(28)20(16-4-2-3-5-17(16)23)22(29)26-10-14-11-27(25-18(14)12-26)34(30,31)15-8-19-21(24-9-15)33-7-6-32-19/h2-5,8-9,11,13,20,28H,6-7,10,12H2,1H3. The van der Waals surface area contributed by atoms with Gasteiger partial charge in [0.1, 0.15) is 18.1 Å². The van der Waals surface area contributed by atoms with Crippen molar-refractivity contribution in [3.63, 3.8) is 0 Å². The van der Waals surface area contributed by atoms with Gasteiger partial charge in [-0.2, -0.15) is 17.6 Å². The molecule has 3 aromatic rings. The Balaban J connectivity index is 1.37. The number of rotatable bonds is 5. The summed E-state index contributed by atoms with van der Waals surface area (Å²) in [5.74, 6) is -0.662. The molecule has 10 nitrogen and oxygen atoms in total. The van der Waals surface area contributed by atoms with Crippen LogP contribution in [0.4, 0.5) is 0 Å². The predicted molar refractivity (Wildman–Crippen MR) is 120 cm³/mol. The molecule has 1 amide bonds. The van der Waals surface area contributed by atoms with Gasteiger partial charge in [-0.1, -0.05) is 29.8 Å². The lowest BCUT2D eigenvalue weighted by Crippen LogP contribution is -2.36. The highest BCUT2D eigenvalue weighted by Gasteiger charge is 2.36. The number of aliphatic hydroxyl groups excluding tert-OH is 1. The lowest BCUT2D eigenvalue weighted by Gasteiger charge is -2.26. The minimum Gasteiger partial charge on any atom is -0.484 e. The lowest BCUT2D eigenvalue weighted by molar-refractivity contribution is -0.135. The Bertz CT molecular complexity index is 1350. The number of ether oxygens (including phenoxy) is 2. The first-order valence-electron chi connectivity index (χ1n) is 10.6. The third kappa shape index (κ3) is 3.89. The fourth-order valence-electron chi connectivity index (χ4n) is 4.09. The number of halogens is 1. The molecule has 0 fully saturated rings. The number of hydrogen-bond acceptors (Lipinski definition) is 8. The summed E-state index contributed by atoms with van der Waals surface area (Å²) in [6.45, 7) is 2.47. The van der Waals surface area contributed by atoms with Crippen LogP contribution in [-0.4, -0.2) is 57.8 Å². The number of carbonyl (C=O) groups excluding carboxylic acids is 1. The molecular formula is C22H21ClN4O6S. The summed E-state index contributed by atoms with van der Waals surface area (Å²) in [6.07, 6.45) is 1.62. The summed E-state index contributed by atoms with van der Waals surface area (Å²) in [6, 6.07) is 8.24. The van der Waals surface area contributed by atoms with Crippen molar-refractivity contribution in [3.8, 4) is 11.6 Å². The first-order chi connectivity index (χ1) is 16.3. The van der Waals surface area contributed by atoms with Crippen molar-refractivity contribution in [1.29, 1.82) is 0 Å². The van der Waals surface area contributed by atoms with Crippen molar-refractivity contribution in [1.82, 2.24) is 19.1 Å². The molecule has 5 rings (SSSR count). The Morgan fingerprint density at radius 2 is 1.97 bits per heavy atom. The number of amides is 1. The van der Waals surface area contributed by atoms with Crippen molar-refractivity contribution in [3.05, 3.63) is 64.6 Å². The maximum absolute atomic E-state index is 13.3. The van der Waals surface area contributed by atoms with Crippen LogP contribution < -0.4 is 9.47 Å². The number of pyridine rings is 1. The van der Waals surface area contributed by atoms with E-state index in [4.69, 9.17) is 21.1 Å². The van der Waals surface area contributed by atoms with Gasteiger partial charge in [0.05, 0.1) is 30.5 Å². The van der Waals surface area contributed by atoms with E-state index in [9.17, 15) is 18.3 Å². The minimum atomic E-state index is -4.02. The van der Waals surface area contributed by atoms with Gasteiger partial charge >= 0.3 is 0 Å². The molecule has 178 valence electrons. The smallest absolute Gasteiger partial charge is 0.284 e. The molecule has 2 aliphatic rings. The van der Waals surface area contributed by atoms with Crippen molar-refractivity contribution < 1.29 is 27.8 Å². The predicted octanol–water partition coefficient (Wildman–Crippen LogP) is 1.95. The van der Waals surface area contributed by atoms with E-state index >= 15 is 0 Å². The van der Waals surface area contributed by atoms with Crippen molar-refractivity contribution in [2.75, 3.05) is 13.2 Å². The van der Waals surface area contributed by atoms with Gasteiger partial charge < -0.3 is 19.5 Å². The number of carbonyl (C=O) groups is 1. The highest BCUT2D eigenvalue weighted by molar-refractivity contribution is 7.89. The zero-order chi connectivity index (χ0) is 24.0. The fourth-order valence-corrected chi connectivity index (χ4v) is 5.48. The third-order valence-corrected chi connectivity index (χ3v) is 7.62. The molecule has 0 saturated heterocycles. The lowest BCUT2D eigenvalue weighted by atomic mass is 9.92. The summed E-state index contributed by atoms with van der Waals surface area (Å²) in [5, 5.41) is 14.9. The normalized spacial score (nSPS) is 16.7. The number of aliphatic hydroxyl groups is 1. The molecule has 1 aromatic carbocycles. The van der Waals surface area contributed by atoms with Crippen LogP contribution in [0, 0.1) is 0 Å². The molecule has 2 aliphatic heterocycles. The maximum Gasteiger partial charge on any atom is 0.284 e. The van der Waals surface area contributed by atoms with E-state index in [0.717, 1.165) is 4.09 Å². The van der Waals surface area contributed by atoms with Crippen molar-refractivity contribution in [2.45, 2.75) is 36.9 Å². The third-order valence-electron chi connectivity index (χ3n) is 5.78. The van der Waals surface area contributed by atoms with Crippen LogP contribution in [-0.2, 0) is 27.9 Å². The van der Waals surface area contributed by atoms with E-state index in [1.54, 1.807) is 24.3 Å². The first-order valence-corrected chi connectivity index (χ1v) is 12.4. The molecule has 2 unspecified atom stereocenters. The summed E-state index contributed by atoms with van der Waals surface area (Å²) in [4.78, 5) is 18.7. The maximum atomic E-state index is 13.3. The zero-order valence-corrected chi connectivity index (χ0v) is 19.7. The van der Waals surface area contributed by atoms with Crippen LogP contribution >= 0.6 is 11.6 Å². The second kappa shape index (κ2) is 8.57. The highest BCUT2D eigenvalue weighted by atomic mass is 35.5. The number of benzene rings is 1. The average molecular weight is 505 g/mol. The van der Waals surface area contributed by atoms with E-state index in [1.165, 1.54) is 30.3 Å². The van der Waals surface area contributed by atoms with E-state index in [0.29, 0.717) is 35.1 Å². The Morgan fingerprint density at radius 1 is 1.21 bits per heavy atom. The Morgan fingerprint density at radius 3 is 2.71 bits per heavy atom. The molecule has 0 aliphatic carbocycles. The first kappa shape index (κ1) is 22.6. The molecular weight excluding hydrogens is 484 g/mol. The van der Waals surface area contributed by atoms with Crippen LogP contribution in [0.1, 0.15) is 29.7 Å². The van der Waals surface area contributed by atoms with Crippen LogP contribution in [0.2, 0.25) is 5.02 Å². The zero-order valence-electron chi connectivity index (χ0n) is 18.1. The van der Waals surface area contributed by atoms with Gasteiger partial charge in [0.15, 0.2) is 5.75 Å². The van der Waals surface area contributed by atoms with Gasteiger partial charge in [-0.3, -0.25) is 4.79 Å². The Kier molecular flexibility index (Phi) is 5.70. The van der Waals surface area contributed by atoms with Crippen LogP contribution in [0.25, 0.3) is 0 Å². The number of hydrogen-bond donors (Lipinski definition) is 1. The summed E-state index contributed by atoms with van der Waals surface area (Å²) >= 11 is 6.27. The quantitative estimate of drug-likeness (QED) is 0.559. The highest BCUT2D eigenvalue weighted by Crippen LogP contribution is 2.33. The van der Waals surface area contributed by atoms with Gasteiger partial charge in [-0.25, -0.2) is 4.98 Å². The molecule has 2 aromatic heterocycles. The number of nitrogens with zero attached hydrogens (tertiary/aromatic N) is 4. The van der Waals surface area contributed by atoms with E-state index in [-0.39, 0.29) is 35.5 Å². The summed E-state index contributed by atoms with van der Waals surface area (Å²) in [5.41, 5.74) is 1.60. The van der Waals surface area contributed by atoms with Crippen molar-refractivity contribution in [2.24, 2.45) is 0 Å². The van der Waals surface area contributed by atoms with Crippen molar-refractivity contribution >= 4 is 27.5 Å². The van der Waals surface area contributed by atoms with Gasteiger partial charge in [-0.15, -0.1) is 0 Å². The van der Waals surface area contributed by atoms with Gasteiger partial charge in [0.25, 0.3) is 15.9 Å². The molecule has 12 heteroatoms. The average Bonchev–Trinajstić information content (AvgIpc) is 3.40. The second-order valence-electron chi connectivity index (χ2n) is 8.08. The van der Waals surface area contributed by atoms with E-state index in [2.05, 4.69) is 10.1 Å². The monoisotopic (exact) mass is 504 g/mol. The largest absolute Gasteiger partial charge is 0.484 e. The molecule has 0 radical (unpaired) electrons. The topological polar surface area (TPSA) is 124 Å². The Hall–Kier alpha value is -3.15. The van der Waals surface area contributed by atoms with Gasteiger partial charge in [0.2, 0.25) is 5.91 Å². The molecule has 0 bridgehead atoms. The summed E-state index contributed by atoms with van der Waals surface area (Å²) in [7, 11) is -4.02. The molecule has 34 heavy (non-hydrogen) atoms. The number of aromatic nitrogens is 3. The molecule has 2 atom stereocenters.